The second kappa shape index (κ2) is 3.81. The van der Waals surface area contributed by atoms with Gasteiger partial charge in [-0.25, -0.2) is 0 Å². The summed E-state index contributed by atoms with van der Waals surface area (Å²) in [7, 11) is 3.36. The van der Waals surface area contributed by atoms with E-state index in [0.29, 0.717) is 13.0 Å². The molecule has 0 aliphatic rings. The molecule has 0 aromatic rings. The first-order chi connectivity index (χ1) is 3.27. The van der Waals surface area contributed by atoms with Crippen molar-refractivity contribution in [1.82, 2.24) is 5.32 Å². The van der Waals surface area contributed by atoms with Crippen molar-refractivity contribution in [2.45, 2.75) is 13.3 Å². The molecule has 2 heteroatoms. The molecule has 0 atom stereocenters. The third-order valence-electron chi connectivity index (χ3n) is 0.654. The van der Waals surface area contributed by atoms with Crippen molar-refractivity contribution in [2.75, 3.05) is 6.54 Å². The van der Waals surface area contributed by atoms with Crippen LogP contribution >= 0.6 is 0 Å². The van der Waals surface area contributed by atoms with Gasteiger partial charge in [-0.2, -0.15) is 0 Å². The van der Waals surface area contributed by atoms with Gasteiger partial charge in [0.15, 0.2) is 0 Å². The molecule has 1 radical (unpaired) electrons. The van der Waals surface area contributed by atoms with Gasteiger partial charge in [0.1, 0.15) is 5.78 Å². The third-order valence-corrected chi connectivity index (χ3v) is 0.654. The van der Waals surface area contributed by atoms with E-state index in [0.717, 1.165) is 0 Å². The maximum Gasteiger partial charge on any atom is 0.131 e. The minimum atomic E-state index is 0.205. The van der Waals surface area contributed by atoms with Crippen molar-refractivity contribution in [3.63, 3.8) is 0 Å². The summed E-state index contributed by atoms with van der Waals surface area (Å²) in [4.78, 5) is 10.1. The summed E-state index contributed by atoms with van der Waals surface area (Å²) in [6.07, 6.45) is 0.587. The number of ketones is 1. The van der Waals surface area contributed by atoms with E-state index < -0.39 is 0 Å². The smallest absolute Gasteiger partial charge is 0.131 e. The minimum Gasteiger partial charge on any atom is -0.315 e. The van der Waals surface area contributed by atoms with Crippen LogP contribution in [-0.2, 0) is 4.79 Å². The molecule has 0 amide bonds. The molecule has 2 nitrogen and oxygen atoms in total. The van der Waals surface area contributed by atoms with E-state index in [1.54, 1.807) is 6.92 Å². The highest BCUT2D eigenvalue weighted by molar-refractivity contribution is 5.75. The molecule has 0 saturated heterocycles. The Hall–Kier alpha value is -0.370. The molecule has 7 heavy (non-hydrogen) atoms. The predicted octanol–water partition coefficient (Wildman–Crippen LogP) is 0.347. The van der Waals surface area contributed by atoms with Crippen molar-refractivity contribution in [3.8, 4) is 0 Å². The standard InChI is InChI=1S/C5H10NO/c1-5(7)3-4-6-2/h6H,2-4H2,1H3. The monoisotopic (exact) mass is 100 g/mol. The summed E-state index contributed by atoms with van der Waals surface area (Å²) in [6.45, 7) is 2.26. The van der Waals surface area contributed by atoms with Crippen molar-refractivity contribution in [2.24, 2.45) is 0 Å². The van der Waals surface area contributed by atoms with Crippen LogP contribution in [0.4, 0.5) is 0 Å². The van der Waals surface area contributed by atoms with Crippen molar-refractivity contribution in [3.05, 3.63) is 7.05 Å². The first-order valence-corrected chi connectivity index (χ1v) is 2.26. The zero-order chi connectivity index (χ0) is 5.70. The molecule has 41 valence electrons. The second-order valence-corrected chi connectivity index (χ2v) is 1.45. The Kier molecular flexibility index (Phi) is 3.61. The van der Waals surface area contributed by atoms with Crippen molar-refractivity contribution in [1.29, 1.82) is 0 Å². The third kappa shape index (κ3) is 5.63. The Morgan fingerprint density at radius 1 is 1.86 bits per heavy atom. The number of hydrogen-bond acceptors (Lipinski definition) is 2. The van der Waals surface area contributed by atoms with Gasteiger partial charge in [0.25, 0.3) is 0 Å². The number of carbonyl (C=O) groups is 1. The molecule has 0 heterocycles. The second-order valence-electron chi connectivity index (χ2n) is 1.45. The maximum absolute atomic E-state index is 10.1. The van der Waals surface area contributed by atoms with Gasteiger partial charge in [0, 0.05) is 20.0 Å². The summed E-state index contributed by atoms with van der Waals surface area (Å²) < 4.78 is 0. The van der Waals surface area contributed by atoms with E-state index in [1.165, 1.54) is 0 Å². The van der Waals surface area contributed by atoms with Crippen molar-refractivity contribution < 1.29 is 4.79 Å². The first-order valence-electron chi connectivity index (χ1n) is 2.26. The van der Waals surface area contributed by atoms with E-state index >= 15 is 0 Å². The van der Waals surface area contributed by atoms with E-state index in [1.807, 2.05) is 0 Å². The van der Waals surface area contributed by atoms with Gasteiger partial charge < -0.3 is 5.32 Å². The van der Waals surface area contributed by atoms with E-state index in [2.05, 4.69) is 12.4 Å². The van der Waals surface area contributed by atoms with Crippen LogP contribution in [0.5, 0.6) is 0 Å². The number of rotatable bonds is 3. The molecule has 0 aliphatic heterocycles. The SMILES string of the molecule is [CH2]NCCC(C)=O. The topological polar surface area (TPSA) is 29.1 Å². The largest absolute Gasteiger partial charge is 0.315 e. The lowest BCUT2D eigenvalue weighted by Crippen LogP contribution is -2.08. The average molecular weight is 100 g/mol. The fraction of sp³-hybridized carbons (Fsp3) is 0.600. The lowest BCUT2D eigenvalue weighted by atomic mass is 10.3. The summed E-state index contributed by atoms with van der Waals surface area (Å²) in [6, 6.07) is 0. The van der Waals surface area contributed by atoms with Crippen LogP contribution in [0.25, 0.3) is 0 Å². The number of hydrogen-bond donors (Lipinski definition) is 1. The van der Waals surface area contributed by atoms with Crippen molar-refractivity contribution >= 4 is 5.78 Å². The van der Waals surface area contributed by atoms with Crippen LogP contribution in [0.2, 0.25) is 0 Å². The van der Waals surface area contributed by atoms with Crippen LogP contribution < -0.4 is 5.32 Å². The zero-order valence-corrected chi connectivity index (χ0v) is 4.53. The zero-order valence-electron chi connectivity index (χ0n) is 4.53. The van der Waals surface area contributed by atoms with Crippen LogP contribution in [-0.4, -0.2) is 12.3 Å². The average Bonchev–Trinajstić information content (AvgIpc) is 1.61. The number of nitrogens with one attached hydrogen (secondary N) is 1. The Bertz CT molecular complexity index is 61.1. The molecule has 0 fully saturated rings. The molecule has 0 spiro atoms. The lowest BCUT2D eigenvalue weighted by Gasteiger charge is -1.89. The molecule has 0 aliphatic carbocycles. The van der Waals surface area contributed by atoms with E-state index in [-0.39, 0.29) is 5.78 Å². The van der Waals surface area contributed by atoms with Gasteiger partial charge in [-0.05, 0) is 6.92 Å². The summed E-state index contributed by atoms with van der Waals surface area (Å²) in [5, 5.41) is 2.63. The van der Waals surface area contributed by atoms with Gasteiger partial charge in [-0.1, -0.05) is 0 Å². The van der Waals surface area contributed by atoms with Crippen LogP contribution in [0.3, 0.4) is 0 Å². The highest BCUT2D eigenvalue weighted by Gasteiger charge is 1.86. The Morgan fingerprint density at radius 2 is 2.43 bits per heavy atom. The highest BCUT2D eigenvalue weighted by atomic mass is 16.1. The Morgan fingerprint density at radius 3 is 2.57 bits per heavy atom. The molecule has 0 saturated carbocycles. The summed E-state index contributed by atoms with van der Waals surface area (Å²) in [5.41, 5.74) is 0. The molecule has 0 aromatic heterocycles. The highest BCUT2D eigenvalue weighted by Crippen LogP contribution is 1.74. The lowest BCUT2D eigenvalue weighted by molar-refractivity contribution is -0.116. The maximum atomic E-state index is 10.1. The van der Waals surface area contributed by atoms with E-state index in [4.69, 9.17) is 0 Å². The van der Waals surface area contributed by atoms with E-state index in [9.17, 15) is 4.79 Å². The van der Waals surface area contributed by atoms with Crippen LogP contribution in [0, 0.1) is 7.05 Å². The quantitative estimate of drug-likeness (QED) is 0.554. The molecule has 1 N–H and O–H groups in total. The summed E-state index contributed by atoms with van der Waals surface area (Å²) in [5.74, 6) is 0.205. The molecular formula is C5H10NO. The summed E-state index contributed by atoms with van der Waals surface area (Å²) >= 11 is 0. The van der Waals surface area contributed by atoms with Crippen LogP contribution in [0.15, 0.2) is 0 Å². The molecule has 0 aromatic carbocycles. The van der Waals surface area contributed by atoms with Gasteiger partial charge in [0.2, 0.25) is 0 Å². The molecule has 0 unspecified atom stereocenters. The normalized spacial score (nSPS) is 8.86. The number of Topliss-reactive ketones (excluding diaryl/α,β-unsaturated/α-hetero) is 1. The Balaban J connectivity index is 2.82. The predicted molar refractivity (Wildman–Crippen MR) is 28.7 cm³/mol. The fourth-order valence-corrected chi connectivity index (χ4v) is 0.264. The van der Waals surface area contributed by atoms with Gasteiger partial charge in [0.05, 0.1) is 0 Å². The Labute approximate surface area is 43.9 Å². The number of carbonyl (C=O) groups excluding carboxylic acids is 1. The van der Waals surface area contributed by atoms with Gasteiger partial charge in [-0.3, -0.25) is 4.79 Å². The molecule has 0 bridgehead atoms. The van der Waals surface area contributed by atoms with Gasteiger partial charge >= 0.3 is 0 Å². The first kappa shape index (κ1) is 6.63. The van der Waals surface area contributed by atoms with Crippen LogP contribution in [0.1, 0.15) is 13.3 Å². The fourth-order valence-electron chi connectivity index (χ4n) is 0.264. The van der Waals surface area contributed by atoms with Gasteiger partial charge in [-0.15, -0.1) is 0 Å². The molecular weight excluding hydrogens is 90.1 g/mol. The minimum absolute atomic E-state index is 0.205. The molecule has 0 rings (SSSR count).